The van der Waals surface area contributed by atoms with Crippen molar-refractivity contribution in [3.8, 4) is 0 Å². The summed E-state index contributed by atoms with van der Waals surface area (Å²) in [5.74, 6) is -0.249. The van der Waals surface area contributed by atoms with Crippen molar-refractivity contribution < 1.29 is 33.4 Å². The molecule has 0 bridgehead atoms. The van der Waals surface area contributed by atoms with Crippen LogP contribution in [0.15, 0.2) is 57.5 Å². The molecular formula is C34H44Br2N2O7. The Morgan fingerprint density at radius 1 is 0.778 bits per heavy atom. The van der Waals surface area contributed by atoms with Gasteiger partial charge in [0.25, 0.3) is 0 Å². The van der Waals surface area contributed by atoms with E-state index in [9.17, 15) is 19.2 Å². The van der Waals surface area contributed by atoms with E-state index in [2.05, 4.69) is 31.9 Å². The Kier molecular flexibility index (Phi) is 11.9. The Labute approximate surface area is 283 Å². The lowest BCUT2D eigenvalue weighted by molar-refractivity contribution is -0.146. The van der Waals surface area contributed by atoms with Crippen molar-refractivity contribution in [3.05, 3.63) is 68.6 Å². The number of nitrogens with zero attached hydrogens (tertiary/aromatic N) is 2. The Morgan fingerprint density at radius 3 is 1.58 bits per heavy atom. The summed E-state index contributed by atoms with van der Waals surface area (Å²) in [6.45, 7) is 15.1. The first kappa shape index (κ1) is 36.5. The van der Waals surface area contributed by atoms with Gasteiger partial charge in [0.05, 0.1) is 13.0 Å². The maximum atomic E-state index is 12.2. The van der Waals surface area contributed by atoms with E-state index >= 15 is 0 Å². The van der Waals surface area contributed by atoms with Crippen LogP contribution in [-0.2, 0) is 34.6 Å². The van der Waals surface area contributed by atoms with E-state index in [-0.39, 0.29) is 30.0 Å². The van der Waals surface area contributed by atoms with Gasteiger partial charge < -0.3 is 28.8 Å². The Bertz CT molecular complexity index is 1370. The SMILES string of the molecule is CC(C)(C)OC(=O)N1CC(CC=O)(c2cccc(Br)c2)C1.CCOC(=O)CC1(c2cccc(Br)c2)CN(C(=O)OC(C)(C)C)C1. The van der Waals surface area contributed by atoms with Crippen molar-refractivity contribution in [2.24, 2.45) is 0 Å². The fourth-order valence-electron chi connectivity index (χ4n) is 5.39. The van der Waals surface area contributed by atoms with Crippen LogP contribution in [-0.4, -0.2) is 78.2 Å². The number of halogens is 2. The first-order valence-corrected chi connectivity index (χ1v) is 16.6. The highest BCUT2D eigenvalue weighted by molar-refractivity contribution is 9.10. The zero-order valence-corrected chi connectivity index (χ0v) is 30.3. The molecular weight excluding hydrogens is 708 g/mol. The minimum absolute atomic E-state index is 0.247. The van der Waals surface area contributed by atoms with Crippen LogP contribution in [0.2, 0.25) is 0 Å². The summed E-state index contributed by atoms with van der Waals surface area (Å²) in [5, 5.41) is 0. The second kappa shape index (κ2) is 14.7. The van der Waals surface area contributed by atoms with Crippen molar-refractivity contribution in [2.75, 3.05) is 32.8 Å². The molecule has 2 saturated heterocycles. The van der Waals surface area contributed by atoms with Gasteiger partial charge in [-0.05, 0) is 83.9 Å². The van der Waals surface area contributed by atoms with E-state index in [0.29, 0.717) is 39.2 Å². The molecule has 0 saturated carbocycles. The standard InChI is InChI=1S/C18H24BrNO4.C16H20BrNO3/c1-5-23-15(21)10-18(13-7-6-8-14(19)9-13)11-20(12-18)16(22)24-17(2,3)4;1-15(2,3)21-14(20)18-10-16(11-18,7-8-19)12-5-4-6-13(17)9-12/h6-9H,5,10-12H2,1-4H3;4-6,8-9H,7,10-11H2,1-3H3. The van der Waals surface area contributed by atoms with Crippen molar-refractivity contribution in [3.63, 3.8) is 0 Å². The molecule has 0 atom stereocenters. The number of carbonyl (C=O) groups excluding carboxylic acids is 4. The molecule has 2 aromatic rings. The molecule has 2 aliphatic heterocycles. The van der Waals surface area contributed by atoms with Gasteiger partial charge in [0.2, 0.25) is 0 Å². The average Bonchev–Trinajstić information content (AvgIpc) is 2.86. The fraction of sp³-hybridized carbons (Fsp3) is 0.529. The van der Waals surface area contributed by atoms with Crippen molar-refractivity contribution in [1.29, 1.82) is 0 Å². The zero-order chi connectivity index (χ0) is 33.6. The highest BCUT2D eigenvalue weighted by atomic mass is 79.9. The number of benzene rings is 2. The van der Waals surface area contributed by atoms with Crippen LogP contribution in [0.1, 0.15) is 72.4 Å². The number of hydrogen-bond donors (Lipinski definition) is 0. The van der Waals surface area contributed by atoms with E-state index in [1.165, 1.54) is 0 Å². The van der Waals surface area contributed by atoms with Gasteiger partial charge in [0.1, 0.15) is 17.5 Å². The van der Waals surface area contributed by atoms with Gasteiger partial charge >= 0.3 is 18.2 Å². The molecule has 45 heavy (non-hydrogen) atoms. The second-order valence-corrected chi connectivity index (χ2v) is 15.4. The minimum atomic E-state index is -0.535. The van der Waals surface area contributed by atoms with Crippen LogP contribution < -0.4 is 0 Å². The monoisotopic (exact) mass is 750 g/mol. The van der Waals surface area contributed by atoms with E-state index in [4.69, 9.17) is 14.2 Å². The molecule has 4 rings (SSSR count). The number of esters is 1. The van der Waals surface area contributed by atoms with E-state index in [0.717, 1.165) is 26.4 Å². The minimum Gasteiger partial charge on any atom is -0.466 e. The third-order valence-electron chi connectivity index (χ3n) is 7.41. The Hall–Kier alpha value is -2.92. The molecule has 0 N–H and O–H groups in total. The van der Waals surface area contributed by atoms with Crippen LogP contribution in [0.5, 0.6) is 0 Å². The van der Waals surface area contributed by atoms with Gasteiger partial charge in [-0.3, -0.25) is 4.79 Å². The van der Waals surface area contributed by atoms with Crippen LogP contribution in [0.4, 0.5) is 9.59 Å². The summed E-state index contributed by atoms with van der Waals surface area (Å²) < 4.78 is 17.8. The highest BCUT2D eigenvalue weighted by Gasteiger charge is 2.50. The lowest BCUT2D eigenvalue weighted by Gasteiger charge is -2.49. The molecule has 9 nitrogen and oxygen atoms in total. The summed E-state index contributed by atoms with van der Waals surface area (Å²) in [4.78, 5) is 50.6. The third kappa shape index (κ3) is 10.0. The fourth-order valence-corrected chi connectivity index (χ4v) is 6.19. The van der Waals surface area contributed by atoms with Crippen molar-refractivity contribution in [2.45, 2.75) is 83.3 Å². The van der Waals surface area contributed by atoms with Gasteiger partial charge in [-0.2, -0.15) is 0 Å². The van der Waals surface area contributed by atoms with Gasteiger partial charge in [-0.25, -0.2) is 9.59 Å². The summed E-state index contributed by atoms with van der Waals surface area (Å²) in [7, 11) is 0. The number of ether oxygens (including phenoxy) is 3. The molecule has 0 spiro atoms. The molecule has 2 aromatic carbocycles. The molecule has 2 aliphatic rings. The largest absolute Gasteiger partial charge is 0.466 e. The van der Waals surface area contributed by atoms with E-state index < -0.39 is 16.6 Å². The zero-order valence-electron chi connectivity index (χ0n) is 27.2. The molecule has 11 heteroatoms. The molecule has 2 amide bonds. The van der Waals surface area contributed by atoms with Crippen molar-refractivity contribution in [1.82, 2.24) is 9.80 Å². The molecule has 2 heterocycles. The summed E-state index contributed by atoms with van der Waals surface area (Å²) in [6, 6.07) is 15.7. The number of aldehydes is 1. The smallest absolute Gasteiger partial charge is 0.410 e. The van der Waals surface area contributed by atoms with Gasteiger partial charge in [0.15, 0.2) is 0 Å². The normalized spacial score (nSPS) is 16.6. The topological polar surface area (TPSA) is 102 Å². The molecule has 246 valence electrons. The maximum Gasteiger partial charge on any atom is 0.410 e. The number of hydrogen-bond acceptors (Lipinski definition) is 7. The summed E-state index contributed by atoms with van der Waals surface area (Å²) in [5.41, 5.74) is 0.339. The summed E-state index contributed by atoms with van der Waals surface area (Å²) >= 11 is 6.92. The van der Waals surface area contributed by atoms with Crippen LogP contribution in [0.25, 0.3) is 0 Å². The van der Waals surface area contributed by atoms with E-state index in [1.807, 2.05) is 90.1 Å². The van der Waals surface area contributed by atoms with Gasteiger partial charge in [0, 0.05) is 52.4 Å². The number of likely N-dealkylation sites (tertiary alicyclic amines) is 2. The van der Waals surface area contributed by atoms with Crippen LogP contribution in [0, 0.1) is 0 Å². The molecule has 0 aromatic heterocycles. The maximum absolute atomic E-state index is 12.2. The lowest BCUT2D eigenvalue weighted by atomic mass is 9.71. The average molecular weight is 753 g/mol. The molecule has 0 unspecified atom stereocenters. The number of carbonyl (C=O) groups is 4. The molecule has 0 radical (unpaired) electrons. The predicted molar refractivity (Wildman–Crippen MR) is 179 cm³/mol. The highest BCUT2D eigenvalue weighted by Crippen LogP contribution is 2.40. The number of rotatable bonds is 7. The Balaban J connectivity index is 0.000000248. The third-order valence-corrected chi connectivity index (χ3v) is 8.40. The van der Waals surface area contributed by atoms with Crippen LogP contribution >= 0.6 is 31.9 Å². The van der Waals surface area contributed by atoms with Crippen molar-refractivity contribution >= 4 is 56.3 Å². The second-order valence-electron chi connectivity index (χ2n) is 13.6. The summed E-state index contributed by atoms with van der Waals surface area (Å²) in [6.07, 6.45) is 0.906. The van der Waals surface area contributed by atoms with Crippen LogP contribution in [0.3, 0.4) is 0 Å². The Morgan fingerprint density at radius 2 is 1.20 bits per heavy atom. The lowest BCUT2D eigenvalue weighted by Crippen LogP contribution is -2.62. The molecule has 0 aliphatic carbocycles. The van der Waals surface area contributed by atoms with Gasteiger partial charge in [-0.15, -0.1) is 0 Å². The number of amides is 2. The first-order valence-electron chi connectivity index (χ1n) is 15.0. The predicted octanol–water partition coefficient (Wildman–Crippen LogP) is 7.42. The van der Waals surface area contributed by atoms with E-state index in [1.54, 1.807) is 16.7 Å². The van der Waals surface area contributed by atoms with Gasteiger partial charge in [-0.1, -0.05) is 56.1 Å². The molecule has 2 fully saturated rings. The first-order chi connectivity index (χ1) is 20.9. The quantitative estimate of drug-likeness (QED) is 0.165.